The van der Waals surface area contributed by atoms with E-state index in [0.29, 0.717) is 24.2 Å². The SMILES string of the molecule is CC1=C(C#N)[C@@H](C)C(C#N)=C(C2CCCN(C(N)=O)C2)N1. The van der Waals surface area contributed by atoms with E-state index in [9.17, 15) is 15.3 Å². The maximum Gasteiger partial charge on any atom is 0.314 e. The van der Waals surface area contributed by atoms with Crippen molar-refractivity contribution in [3.05, 3.63) is 22.5 Å². The van der Waals surface area contributed by atoms with E-state index in [1.165, 1.54) is 0 Å². The van der Waals surface area contributed by atoms with Crippen LogP contribution in [0.25, 0.3) is 0 Å². The summed E-state index contributed by atoms with van der Waals surface area (Å²) in [5.41, 5.74) is 8.17. The summed E-state index contributed by atoms with van der Waals surface area (Å²) in [6.07, 6.45) is 1.76. The van der Waals surface area contributed by atoms with Gasteiger partial charge in [-0.25, -0.2) is 4.79 Å². The molecular weight excluding hydrogens is 266 g/mol. The third-order valence-electron chi connectivity index (χ3n) is 4.26. The molecular formula is C15H19N5O. The molecule has 3 N–H and O–H groups in total. The summed E-state index contributed by atoms with van der Waals surface area (Å²) in [6, 6.07) is 3.97. The van der Waals surface area contributed by atoms with Gasteiger partial charge in [0.2, 0.25) is 0 Å². The van der Waals surface area contributed by atoms with Crippen LogP contribution in [-0.4, -0.2) is 24.0 Å². The minimum Gasteiger partial charge on any atom is -0.361 e. The number of nitrogens with two attached hydrogens (primary N) is 1. The predicted molar refractivity (Wildman–Crippen MR) is 77.1 cm³/mol. The van der Waals surface area contributed by atoms with Crippen molar-refractivity contribution in [1.29, 1.82) is 10.5 Å². The Morgan fingerprint density at radius 3 is 2.62 bits per heavy atom. The first kappa shape index (κ1) is 14.9. The van der Waals surface area contributed by atoms with Gasteiger partial charge in [0, 0.05) is 36.3 Å². The van der Waals surface area contributed by atoms with Crippen LogP contribution in [0, 0.1) is 34.5 Å². The van der Waals surface area contributed by atoms with E-state index in [0.717, 1.165) is 24.2 Å². The Morgan fingerprint density at radius 2 is 2.05 bits per heavy atom. The molecule has 0 aromatic heterocycles. The third-order valence-corrected chi connectivity index (χ3v) is 4.26. The van der Waals surface area contributed by atoms with Crippen LogP contribution < -0.4 is 11.1 Å². The van der Waals surface area contributed by atoms with Gasteiger partial charge in [0.05, 0.1) is 23.3 Å². The first-order valence-corrected chi connectivity index (χ1v) is 7.06. The second-order valence-corrected chi connectivity index (χ2v) is 5.56. The summed E-state index contributed by atoms with van der Waals surface area (Å²) in [4.78, 5) is 13.0. The van der Waals surface area contributed by atoms with Gasteiger partial charge < -0.3 is 16.0 Å². The van der Waals surface area contributed by atoms with Gasteiger partial charge in [-0.05, 0) is 19.8 Å². The molecule has 0 aromatic carbocycles. The fraction of sp³-hybridized carbons (Fsp3) is 0.533. The Balaban J connectivity index is 2.32. The molecule has 1 unspecified atom stereocenters. The van der Waals surface area contributed by atoms with E-state index >= 15 is 0 Å². The van der Waals surface area contributed by atoms with Crippen molar-refractivity contribution in [2.24, 2.45) is 17.6 Å². The van der Waals surface area contributed by atoms with Crippen LogP contribution in [0.3, 0.4) is 0 Å². The molecule has 2 rings (SSSR count). The molecule has 0 aromatic rings. The van der Waals surface area contributed by atoms with Crippen molar-refractivity contribution < 1.29 is 4.79 Å². The number of rotatable bonds is 1. The van der Waals surface area contributed by atoms with Crippen LogP contribution in [0.1, 0.15) is 26.7 Å². The monoisotopic (exact) mass is 285 g/mol. The molecule has 0 bridgehead atoms. The number of amides is 2. The first-order chi connectivity index (χ1) is 9.99. The van der Waals surface area contributed by atoms with Gasteiger partial charge in [0.15, 0.2) is 0 Å². The van der Waals surface area contributed by atoms with Gasteiger partial charge in [-0.15, -0.1) is 0 Å². The number of dihydropyridines is 1. The lowest BCUT2D eigenvalue weighted by Crippen LogP contribution is -2.45. The topological polar surface area (TPSA) is 106 Å². The van der Waals surface area contributed by atoms with E-state index < -0.39 is 6.03 Å². The van der Waals surface area contributed by atoms with E-state index in [1.54, 1.807) is 4.90 Å². The van der Waals surface area contributed by atoms with Crippen molar-refractivity contribution >= 4 is 6.03 Å². The van der Waals surface area contributed by atoms with Crippen molar-refractivity contribution in [2.45, 2.75) is 26.7 Å². The summed E-state index contributed by atoms with van der Waals surface area (Å²) in [6.45, 7) is 4.90. The van der Waals surface area contributed by atoms with Crippen molar-refractivity contribution in [3.8, 4) is 12.1 Å². The van der Waals surface area contributed by atoms with Gasteiger partial charge >= 0.3 is 6.03 Å². The van der Waals surface area contributed by atoms with Crippen LogP contribution in [-0.2, 0) is 0 Å². The summed E-state index contributed by atoms with van der Waals surface area (Å²) >= 11 is 0. The standard InChI is InChI=1S/C15H19N5O/c1-9-12(6-16)10(2)19-14(13(9)7-17)11-4-3-5-20(8-11)15(18)21/h9,11,19H,3-5,8H2,1-2H3,(H2,18,21)/t9-,11?/m1/s1. The maximum absolute atomic E-state index is 11.4. The van der Waals surface area contributed by atoms with E-state index in [2.05, 4.69) is 17.5 Å². The number of carbonyl (C=O) groups is 1. The number of primary amides is 1. The number of likely N-dealkylation sites (tertiary alicyclic amines) is 1. The van der Waals surface area contributed by atoms with Gasteiger partial charge in [0.25, 0.3) is 0 Å². The number of carbonyl (C=O) groups excluding carboxylic acids is 1. The number of hydrogen-bond acceptors (Lipinski definition) is 4. The van der Waals surface area contributed by atoms with Gasteiger partial charge in [-0.2, -0.15) is 10.5 Å². The fourth-order valence-corrected chi connectivity index (χ4v) is 3.11. The number of hydrogen-bond donors (Lipinski definition) is 2. The average Bonchev–Trinajstić information content (AvgIpc) is 2.47. The molecule has 0 spiro atoms. The van der Waals surface area contributed by atoms with Gasteiger partial charge in [-0.3, -0.25) is 0 Å². The number of nitrogens with zero attached hydrogens (tertiary/aromatic N) is 3. The molecule has 21 heavy (non-hydrogen) atoms. The Kier molecular flexibility index (Phi) is 4.18. The first-order valence-electron chi connectivity index (χ1n) is 7.06. The van der Waals surface area contributed by atoms with Crippen molar-refractivity contribution in [2.75, 3.05) is 13.1 Å². The molecule has 2 heterocycles. The van der Waals surface area contributed by atoms with E-state index in [-0.39, 0.29) is 11.8 Å². The Hall–Kier alpha value is -2.47. The lowest BCUT2D eigenvalue weighted by molar-refractivity contribution is 0.180. The second-order valence-electron chi connectivity index (χ2n) is 5.56. The zero-order valence-electron chi connectivity index (χ0n) is 12.3. The molecule has 110 valence electrons. The molecule has 0 saturated carbocycles. The zero-order chi connectivity index (χ0) is 15.6. The highest BCUT2D eigenvalue weighted by molar-refractivity contribution is 5.72. The highest BCUT2D eigenvalue weighted by Crippen LogP contribution is 2.34. The zero-order valence-corrected chi connectivity index (χ0v) is 12.3. The number of allylic oxidation sites excluding steroid dienone is 3. The largest absolute Gasteiger partial charge is 0.361 e. The molecule has 6 heteroatoms. The molecule has 2 amide bonds. The smallest absolute Gasteiger partial charge is 0.314 e. The highest BCUT2D eigenvalue weighted by Gasteiger charge is 2.32. The number of piperidine rings is 1. The summed E-state index contributed by atoms with van der Waals surface area (Å²) in [5, 5.41) is 21.9. The lowest BCUT2D eigenvalue weighted by Gasteiger charge is -2.36. The molecule has 2 atom stereocenters. The average molecular weight is 285 g/mol. The molecule has 0 radical (unpaired) electrons. The second kappa shape index (κ2) is 5.88. The highest BCUT2D eigenvalue weighted by atomic mass is 16.2. The lowest BCUT2D eigenvalue weighted by atomic mass is 9.82. The van der Waals surface area contributed by atoms with Gasteiger partial charge in [0.1, 0.15) is 0 Å². The van der Waals surface area contributed by atoms with Crippen molar-refractivity contribution in [1.82, 2.24) is 10.2 Å². The summed E-state index contributed by atoms with van der Waals surface area (Å²) in [5.74, 6) is -0.140. The van der Waals surface area contributed by atoms with E-state index in [1.807, 2.05) is 13.8 Å². The minimum atomic E-state index is -0.423. The quantitative estimate of drug-likeness (QED) is 0.763. The van der Waals surface area contributed by atoms with Crippen LogP contribution in [0.15, 0.2) is 22.5 Å². The molecule has 6 nitrogen and oxygen atoms in total. The molecule has 2 aliphatic heterocycles. The van der Waals surface area contributed by atoms with Gasteiger partial charge in [-0.1, -0.05) is 6.92 Å². The van der Waals surface area contributed by atoms with Crippen LogP contribution in [0.2, 0.25) is 0 Å². The van der Waals surface area contributed by atoms with Crippen molar-refractivity contribution in [3.63, 3.8) is 0 Å². The molecule has 1 fully saturated rings. The summed E-state index contributed by atoms with van der Waals surface area (Å²) in [7, 11) is 0. The Labute approximate surface area is 124 Å². The minimum absolute atomic E-state index is 0.0681. The predicted octanol–water partition coefficient (Wildman–Crippen LogP) is 1.59. The Bertz CT molecular complexity index is 605. The Morgan fingerprint density at radius 1 is 1.38 bits per heavy atom. The summed E-state index contributed by atoms with van der Waals surface area (Å²) < 4.78 is 0. The van der Waals surface area contributed by atoms with Crippen LogP contribution in [0.5, 0.6) is 0 Å². The number of nitrogens with one attached hydrogen (secondary N) is 1. The molecule has 1 saturated heterocycles. The van der Waals surface area contributed by atoms with Crippen LogP contribution in [0.4, 0.5) is 4.79 Å². The normalized spacial score (nSPS) is 26.0. The maximum atomic E-state index is 11.4. The fourth-order valence-electron chi connectivity index (χ4n) is 3.11. The van der Waals surface area contributed by atoms with Crippen LogP contribution >= 0.6 is 0 Å². The molecule has 0 aliphatic carbocycles. The third kappa shape index (κ3) is 2.71. The number of nitriles is 2. The van der Waals surface area contributed by atoms with E-state index in [4.69, 9.17) is 5.73 Å². The molecule has 2 aliphatic rings. The number of urea groups is 1.